The SMILES string of the molecule is N[C@H]1CCc2cc([N+](=O)[O-])ccc2C1. The second-order valence-electron chi connectivity index (χ2n) is 3.71. The van der Waals surface area contributed by atoms with Crippen LogP contribution in [0.2, 0.25) is 0 Å². The monoisotopic (exact) mass is 192 g/mol. The number of nitrogens with two attached hydrogens (primary N) is 1. The number of fused-ring (bicyclic) bond motifs is 1. The Labute approximate surface area is 81.9 Å². The van der Waals surface area contributed by atoms with E-state index in [9.17, 15) is 10.1 Å². The molecule has 0 radical (unpaired) electrons. The van der Waals surface area contributed by atoms with E-state index in [2.05, 4.69) is 0 Å². The summed E-state index contributed by atoms with van der Waals surface area (Å²) in [6, 6.07) is 5.26. The molecule has 0 unspecified atom stereocenters. The molecular formula is C10H12N2O2. The summed E-state index contributed by atoms with van der Waals surface area (Å²) < 4.78 is 0. The number of aryl methyl sites for hydroxylation is 1. The number of nitrogens with zero attached hydrogens (tertiary/aromatic N) is 1. The summed E-state index contributed by atoms with van der Waals surface area (Å²) in [6.07, 6.45) is 2.62. The zero-order valence-corrected chi connectivity index (χ0v) is 7.77. The van der Waals surface area contributed by atoms with Crippen molar-refractivity contribution < 1.29 is 4.92 Å². The Hall–Kier alpha value is -1.42. The number of hydrogen-bond acceptors (Lipinski definition) is 3. The normalized spacial score (nSPS) is 20.2. The van der Waals surface area contributed by atoms with Crippen molar-refractivity contribution in [2.24, 2.45) is 5.73 Å². The maximum atomic E-state index is 10.5. The van der Waals surface area contributed by atoms with Gasteiger partial charge in [-0.15, -0.1) is 0 Å². The van der Waals surface area contributed by atoms with Gasteiger partial charge in [-0.1, -0.05) is 6.07 Å². The summed E-state index contributed by atoms with van der Waals surface area (Å²) in [7, 11) is 0. The Morgan fingerprint density at radius 1 is 1.43 bits per heavy atom. The first-order valence-electron chi connectivity index (χ1n) is 4.68. The van der Waals surface area contributed by atoms with Gasteiger partial charge in [-0.05, 0) is 30.4 Å². The van der Waals surface area contributed by atoms with Gasteiger partial charge in [0.25, 0.3) is 5.69 Å². The fourth-order valence-corrected chi connectivity index (χ4v) is 1.88. The quantitative estimate of drug-likeness (QED) is 0.540. The molecule has 0 bridgehead atoms. The van der Waals surface area contributed by atoms with Crippen molar-refractivity contribution in [3.63, 3.8) is 0 Å². The first-order valence-corrected chi connectivity index (χ1v) is 4.68. The molecule has 0 heterocycles. The fraction of sp³-hybridized carbons (Fsp3) is 0.400. The van der Waals surface area contributed by atoms with Crippen molar-refractivity contribution in [3.8, 4) is 0 Å². The van der Waals surface area contributed by atoms with Crippen LogP contribution < -0.4 is 5.73 Å². The molecule has 0 amide bonds. The average Bonchev–Trinajstić information content (AvgIpc) is 2.16. The van der Waals surface area contributed by atoms with Gasteiger partial charge in [-0.3, -0.25) is 10.1 Å². The Balaban J connectivity index is 2.36. The van der Waals surface area contributed by atoms with Crippen LogP contribution >= 0.6 is 0 Å². The van der Waals surface area contributed by atoms with Gasteiger partial charge in [-0.2, -0.15) is 0 Å². The lowest BCUT2D eigenvalue weighted by Crippen LogP contribution is -2.27. The van der Waals surface area contributed by atoms with Crippen LogP contribution in [0.3, 0.4) is 0 Å². The molecule has 2 rings (SSSR count). The average molecular weight is 192 g/mol. The smallest absolute Gasteiger partial charge is 0.269 e. The zero-order chi connectivity index (χ0) is 10.1. The lowest BCUT2D eigenvalue weighted by molar-refractivity contribution is -0.384. The molecule has 0 saturated carbocycles. The highest BCUT2D eigenvalue weighted by Gasteiger charge is 2.17. The van der Waals surface area contributed by atoms with Crippen molar-refractivity contribution in [2.45, 2.75) is 25.3 Å². The molecule has 0 aromatic heterocycles. The Kier molecular flexibility index (Phi) is 2.21. The van der Waals surface area contributed by atoms with E-state index in [0.29, 0.717) is 0 Å². The molecule has 1 aliphatic rings. The second-order valence-corrected chi connectivity index (χ2v) is 3.71. The number of nitro benzene ring substituents is 1. The first-order chi connectivity index (χ1) is 6.66. The summed E-state index contributed by atoms with van der Waals surface area (Å²) in [5.74, 6) is 0. The van der Waals surface area contributed by atoms with Gasteiger partial charge in [-0.25, -0.2) is 0 Å². The molecule has 4 nitrogen and oxygen atoms in total. The largest absolute Gasteiger partial charge is 0.327 e. The summed E-state index contributed by atoms with van der Waals surface area (Å²) in [5, 5.41) is 10.5. The van der Waals surface area contributed by atoms with Crippen molar-refractivity contribution in [3.05, 3.63) is 39.4 Å². The van der Waals surface area contributed by atoms with Gasteiger partial charge >= 0.3 is 0 Å². The summed E-state index contributed by atoms with van der Waals surface area (Å²) >= 11 is 0. The molecule has 2 N–H and O–H groups in total. The van der Waals surface area contributed by atoms with E-state index in [1.165, 1.54) is 0 Å². The minimum absolute atomic E-state index is 0.180. The molecule has 1 aromatic rings. The topological polar surface area (TPSA) is 69.2 Å². The van der Waals surface area contributed by atoms with Gasteiger partial charge in [0.1, 0.15) is 0 Å². The van der Waals surface area contributed by atoms with Gasteiger partial charge in [0.05, 0.1) is 4.92 Å². The van der Waals surface area contributed by atoms with E-state index in [1.807, 2.05) is 6.07 Å². The third kappa shape index (κ3) is 1.61. The molecule has 14 heavy (non-hydrogen) atoms. The predicted octanol–water partition coefficient (Wildman–Crippen LogP) is 1.41. The standard InChI is InChI=1S/C10H12N2O2/c11-9-3-1-8-6-10(12(13)14)4-2-7(8)5-9/h2,4,6,9H,1,3,5,11H2/t9-/m0/s1. The molecule has 0 spiro atoms. The molecule has 1 atom stereocenters. The molecule has 4 heteroatoms. The highest BCUT2D eigenvalue weighted by molar-refractivity contribution is 5.41. The van der Waals surface area contributed by atoms with Crippen LogP contribution in [0.25, 0.3) is 0 Å². The Bertz CT molecular complexity index is 376. The third-order valence-corrected chi connectivity index (χ3v) is 2.67. The van der Waals surface area contributed by atoms with Crippen molar-refractivity contribution in [1.82, 2.24) is 0 Å². The highest BCUT2D eigenvalue weighted by atomic mass is 16.6. The molecule has 0 fully saturated rings. The second kappa shape index (κ2) is 3.38. The molecule has 74 valence electrons. The van der Waals surface area contributed by atoms with Gasteiger partial charge in [0, 0.05) is 18.2 Å². The third-order valence-electron chi connectivity index (χ3n) is 2.67. The first kappa shape index (κ1) is 9.15. The summed E-state index contributed by atoms with van der Waals surface area (Å²) in [5.41, 5.74) is 8.24. The molecular weight excluding hydrogens is 180 g/mol. The molecule has 0 saturated heterocycles. The molecule has 0 aliphatic heterocycles. The van der Waals surface area contributed by atoms with E-state index < -0.39 is 0 Å². The molecule has 1 aromatic carbocycles. The lowest BCUT2D eigenvalue weighted by Gasteiger charge is -2.20. The van der Waals surface area contributed by atoms with Gasteiger partial charge < -0.3 is 5.73 Å². The van der Waals surface area contributed by atoms with Crippen LogP contribution in [-0.2, 0) is 12.8 Å². The number of nitro groups is 1. The summed E-state index contributed by atoms with van der Waals surface area (Å²) in [6.45, 7) is 0. The van der Waals surface area contributed by atoms with Crippen LogP contribution in [0.4, 0.5) is 5.69 Å². The van der Waals surface area contributed by atoms with E-state index in [4.69, 9.17) is 5.73 Å². The van der Waals surface area contributed by atoms with Crippen molar-refractivity contribution >= 4 is 5.69 Å². The number of benzene rings is 1. The number of rotatable bonds is 1. The van der Waals surface area contributed by atoms with E-state index in [1.54, 1.807) is 12.1 Å². The van der Waals surface area contributed by atoms with Gasteiger partial charge in [0.2, 0.25) is 0 Å². The van der Waals surface area contributed by atoms with Crippen LogP contribution in [0.15, 0.2) is 18.2 Å². The zero-order valence-electron chi connectivity index (χ0n) is 7.77. The Morgan fingerprint density at radius 3 is 2.93 bits per heavy atom. The van der Waals surface area contributed by atoms with E-state index in [-0.39, 0.29) is 16.7 Å². The molecule has 1 aliphatic carbocycles. The van der Waals surface area contributed by atoms with Gasteiger partial charge in [0.15, 0.2) is 0 Å². The predicted molar refractivity (Wildman–Crippen MR) is 53.1 cm³/mol. The van der Waals surface area contributed by atoms with E-state index in [0.717, 1.165) is 30.4 Å². The maximum Gasteiger partial charge on any atom is 0.269 e. The van der Waals surface area contributed by atoms with Crippen LogP contribution in [0.5, 0.6) is 0 Å². The maximum absolute atomic E-state index is 10.5. The highest BCUT2D eigenvalue weighted by Crippen LogP contribution is 2.24. The fourth-order valence-electron chi connectivity index (χ4n) is 1.88. The van der Waals surface area contributed by atoms with Crippen molar-refractivity contribution in [1.29, 1.82) is 0 Å². The van der Waals surface area contributed by atoms with Crippen molar-refractivity contribution in [2.75, 3.05) is 0 Å². The van der Waals surface area contributed by atoms with Crippen LogP contribution in [0, 0.1) is 10.1 Å². The minimum atomic E-state index is -0.352. The lowest BCUT2D eigenvalue weighted by atomic mass is 9.88. The number of non-ortho nitro benzene ring substituents is 1. The summed E-state index contributed by atoms with van der Waals surface area (Å²) in [4.78, 5) is 10.2. The van der Waals surface area contributed by atoms with E-state index >= 15 is 0 Å². The minimum Gasteiger partial charge on any atom is -0.327 e. The van der Waals surface area contributed by atoms with Crippen LogP contribution in [0.1, 0.15) is 17.5 Å². The number of hydrogen-bond donors (Lipinski definition) is 1. The van der Waals surface area contributed by atoms with Crippen LogP contribution in [-0.4, -0.2) is 11.0 Å². The Morgan fingerprint density at radius 2 is 2.21 bits per heavy atom.